The second-order valence-electron chi connectivity index (χ2n) is 8.40. The number of carbonyl (C=O) groups is 1. The highest BCUT2D eigenvalue weighted by Gasteiger charge is 2.25. The maximum absolute atomic E-state index is 13.6. The number of hydrogen-bond acceptors (Lipinski definition) is 5. The molecule has 3 aromatic rings. The minimum Gasteiger partial charge on any atom is -0.489 e. The molecule has 1 fully saturated rings. The lowest BCUT2D eigenvalue weighted by Gasteiger charge is -2.33. The highest BCUT2D eigenvalue weighted by atomic mass is 19.2. The predicted octanol–water partition coefficient (Wildman–Crippen LogP) is 2.78. The molecule has 0 unspecified atom stereocenters. The number of nitrogens with zero attached hydrogens (tertiary/aromatic N) is 2. The summed E-state index contributed by atoms with van der Waals surface area (Å²) in [5, 5.41) is 12.8. The standard InChI is InChI=1S/C23H25F3N4O4/c1-13(31)27-20-9-17(25)18(26)10-22(20)34-12-16(32)11-29-6-4-15(5-7-29)30-21-3-2-14(24)8-19(21)28-23(30)33/h2-3,8-10,15-16,32H,4-7,11-12H2,1H3,(H,27,31)(H,28,33)/t16-/m1/s1. The molecule has 0 saturated carbocycles. The number of fused-ring (bicyclic) bond motifs is 1. The average molecular weight is 478 g/mol. The van der Waals surface area contributed by atoms with Crippen LogP contribution in [-0.4, -0.2) is 57.8 Å². The number of aromatic amines is 1. The lowest BCUT2D eigenvalue weighted by molar-refractivity contribution is -0.114. The summed E-state index contributed by atoms with van der Waals surface area (Å²) in [6, 6.07) is 5.79. The molecule has 1 aromatic heterocycles. The van der Waals surface area contributed by atoms with E-state index >= 15 is 0 Å². The zero-order valence-corrected chi connectivity index (χ0v) is 18.5. The van der Waals surface area contributed by atoms with Gasteiger partial charge in [0.15, 0.2) is 11.6 Å². The van der Waals surface area contributed by atoms with Crippen LogP contribution in [-0.2, 0) is 4.79 Å². The zero-order chi connectivity index (χ0) is 24.4. The van der Waals surface area contributed by atoms with Crippen molar-refractivity contribution in [2.24, 2.45) is 0 Å². The number of H-pyrrole nitrogens is 1. The van der Waals surface area contributed by atoms with Crippen LogP contribution >= 0.6 is 0 Å². The van der Waals surface area contributed by atoms with E-state index in [0.717, 1.165) is 12.1 Å². The number of rotatable bonds is 7. The second kappa shape index (κ2) is 9.90. The first-order valence-electron chi connectivity index (χ1n) is 10.9. The number of piperidine rings is 1. The van der Waals surface area contributed by atoms with Gasteiger partial charge in [-0.1, -0.05) is 0 Å². The first-order chi connectivity index (χ1) is 16.2. The lowest BCUT2D eigenvalue weighted by atomic mass is 10.0. The summed E-state index contributed by atoms with van der Waals surface area (Å²) in [6.45, 7) is 2.55. The molecule has 1 aliphatic rings. The third-order valence-corrected chi connectivity index (χ3v) is 5.83. The van der Waals surface area contributed by atoms with E-state index in [1.165, 1.54) is 19.1 Å². The summed E-state index contributed by atoms with van der Waals surface area (Å²) in [6.07, 6.45) is 0.398. The largest absolute Gasteiger partial charge is 0.489 e. The van der Waals surface area contributed by atoms with Crippen LogP contribution in [0.15, 0.2) is 35.1 Å². The first kappa shape index (κ1) is 23.8. The number of aliphatic hydroxyl groups is 1. The van der Waals surface area contributed by atoms with Gasteiger partial charge in [-0.3, -0.25) is 9.36 Å². The van der Waals surface area contributed by atoms with Crippen molar-refractivity contribution in [3.8, 4) is 5.75 Å². The fourth-order valence-corrected chi connectivity index (χ4v) is 4.30. The van der Waals surface area contributed by atoms with E-state index in [0.29, 0.717) is 37.0 Å². The molecule has 11 heteroatoms. The van der Waals surface area contributed by atoms with Crippen LogP contribution in [0, 0.1) is 17.5 Å². The molecular formula is C23H25F3N4O4. The Morgan fingerprint density at radius 3 is 2.62 bits per heavy atom. The molecular weight excluding hydrogens is 453 g/mol. The van der Waals surface area contributed by atoms with Crippen molar-refractivity contribution in [1.82, 2.24) is 14.5 Å². The Hall–Kier alpha value is -3.31. The van der Waals surface area contributed by atoms with Crippen LogP contribution in [0.25, 0.3) is 11.0 Å². The van der Waals surface area contributed by atoms with Crippen LogP contribution in [0.5, 0.6) is 5.75 Å². The van der Waals surface area contributed by atoms with Crippen molar-refractivity contribution in [2.45, 2.75) is 31.9 Å². The summed E-state index contributed by atoms with van der Waals surface area (Å²) in [7, 11) is 0. The summed E-state index contributed by atoms with van der Waals surface area (Å²) < 4.78 is 47.7. The van der Waals surface area contributed by atoms with Gasteiger partial charge in [0.25, 0.3) is 0 Å². The number of aliphatic hydroxyl groups excluding tert-OH is 1. The highest BCUT2D eigenvalue weighted by Crippen LogP contribution is 2.28. The van der Waals surface area contributed by atoms with Gasteiger partial charge in [0, 0.05) is 44.7 Å². The Labute approximate surface area is 192 Å². The third kappa shape index (κ3) is 5.26. The van der Waals surface area contributed by atoms with Crippen molar-refractivity contribution in [3.05, 3.63) is 58.3 Å². The van der Waals surface area contributed by atoms with Crippen LogP contribution < -0.4 is 15.7 Å². The molecule has 1 amide bonds. The fraction of sp³-hybridized carbons (Fsp3) is 0.391. The SMILES string of the molecule is CC(=O)Nc1cc(F)c(F)cc1OC[C@H](O)CN1CCC(n2c(=O)[nH]c3cc(F)ccc32)CC1. The van der Waals surface area contributed by atoms with Gasteiger partial charge in [0.1, 0.15) is 24.3 Å². The average Bonchev–Trinajstić information content (AvgIpc) is 3.10. The molecule has 1 saturated heterocycles. The number of carbonyl (C=O) groups excluding carboxylic acids is 1. The zero-order valence-electron chi connectivity index (χ0n) is 18.5. The number of aromatic nitrogens is 2. The van der Waals surface area contributed by atoms with Crippen molar-refractivity contribution in [3.63, 3.8) is 0 Å². The van der Waals surface area contributed by atoms with Gasteiger partial charge < -0.3 is 25.0 Å². The van der Waals surface area contributed by atoms with Crippen molar-refractivity contribution in [1.29, 1.82) is 0 Å². The van der Waals surface area contributed by atoms with Crippen LogP contribution in [0.2, 0.25) is 0 Å². The van der Waals surface area contributed by atoms with Crippen LogP contribution in [0.3, 0.4) is 0 Å². The molecule has 3 N–H and O–H groups in total. The summed E-state index contributed by atoms with van der Waals surface area (Å²) in [4.78, 5) is 28.4. The lowest BCUT2D eigenvalue weighted by Crippen LogP contribution is -2.42. The Morgan fingerprint density at radius 1 is 1.21 bits per heavy atom. The van der Waals surface area contributed by atoms with Gasteiger partial charge >= 0.3 is 5.69 Å². The molecule has 2 heterocycles. The quantitative estimate of drug-likeness (QED) is 0.485. The third-order valence-electron chi connectivity index (χ3n) is 5.83. The van der Waals surface area contributed by atoms with E-state index in [4.69, 9.17) is 4.74 Å². The molecule has 0 bridgehead atoms. The molecule has 4 rings (SSSR count). The van der Waals surface area contributed by atoms with E-state index < -0.39 is 29.5 Å². The van der Waals surface area contributed by atoms with Crippen molar-refractivity contribution < 1.29 is 27.8 Å². The van der Waals surface area contributed by atoms with Crippen LogP contribution in [0.4, 0.5) is 18.9 Å². The summed E-state index contributed by atoms with van der Waals surface area (Å²) >= 11 is 0. The number of imidazole rings is 1. The normalized spacial score (nSPS) is 16.0. The summed E-state index contributed by atoms with van der Waals surface area (Å²) in [5.74, 6) is -3.23. The minimum absolute atomic E-state index is 0.0246. The Kier molecular flexibility index (Phi) is 6.94. The number of benzene rings is 2. The number of amides is 1. The minimum atomic E-state index is -1.13. The van der Waals surface area contributed by atoms with E-state index in [1.807, 2.05) is 4.90 Å². The fourth-order valence-electron chi connectivity index (χ4n) is 4.30. The molecule has 182 valence electrons. The monoisotopic (exact) mass is 478 g/mol. The molecule has 0 spiro atoms. The van der Waals surface area contributed by atoms with E-state index in [9.17, 15) is 27.9 Å². The number of halogens is 3. The Balaban J connectivity index is 1.33. The smallest absolute Gasteiger partial charge is 0.326 e. The Bertz CT molecular complexity index is 1250. The first-order valence-corrected chi connectivity index (χ1v) is 10.9. The molecule has 34 heavy (non-hydrogen) atoms. The number of nitrogens with one attached hydrogen (secondary N) is 2. The molecule has 0 aliphatic carbocycles. The van der Waals surface area contributed by atoms with Gasteiger partial charge in [0.05, 0.1) is 16.7 Å². The maximum Gasteiger partial charge on any atom is 0.326 e. The van der Waals surface area contributed by atoms with Gasteiger partial charge in [-0.15, -0.1) is 0 Å². The van der Waals surface area contributed by atoms with E-state index in [2.05, 4.69) is 10.3 Å². The molecule has 0 radical (unpaired) electrons. The highest BCUT2D eigenvalue weighted by molar-refractivity contribution is 5.90. The molecule has 8 nitrogen and oxygen atoms in total. The van der Waals surface area contributed by atoms with Crippen LogP contribution in [0.1, 0.15) is 25.8 Å². The topological polar surface area (TPSA) is 99.6 Å². The molecule has 1 aliphatic heterocycles. The van der Waals surface area contributed by atoms with Crippen molar-refractivity contribution in [2.75, 3.05) is 31.6 Å². The van der Waals surface area contributed by atoms with Gasteiger partial charge in [-0.2, -0.15) is 0 Å². The molecule has 1 atom stereocenters. The van der Waals surface area contributed by atoms with E-state index in [1.54, 1.807) is 10.6 Å². The second-order valence-corrected chi connectivity index (χ2v) is 8.40. The molecule has 2 aromatic carbocycles. The number of ether oxygens (including phenoxy) is 1. The number of hydrogen-bond donors (Lipinski definition) is 3. The van der Waals surface area contributed by atoms with Gasteiger partial charge in [-0.25, -0.2) is 18.0 Å². The summed E-state index contributed by atoms with van der Waals surface area (Å²) in [5.41, 5.74) is 0.799. The Morgan fingerprint density at radius 2 is 1.91 bits per heavy atom. The number of anilines is 1. The predicted molar refractivity (Wildman–Crippen MR) is 119 cm³/mol. The number of likely N-dealkylation sites (tertiary alicyclic amines) is 1. The number of β-amino-alcohol motifs (C(OH)–C–C–N with tert-alkyl or cyclic N) is 1. The van der Waals surface area contributed by atoms with Gasteiger partial charge in [-0.05, 0) is 31.0 Å². The maximum atomic E-state index is 13.6. The van der Waals surface area contributed by atoms with Crippen molar-refractivity contribution >= 4 is 22.6 Å². The van der Waals surface area contributed by atoms with E-state index in [-0.39, 0.29) is 36.3 Å². The van der Waals surface area contributed by atoms with Gasteiger partial charge in [0.2, 0.25) is 5.91 Å².